The molecule has 0 unspecified atom stereocenters. The van der Waals surface area contributed by atoms with Crippen LogP contribution in [0.25, 0.3) is 11.4 Å². The van der Waals surface area contributed by atoms with Crippen LogP contribution >= 0.6 is 11.6 Å². The Bertz CT molecular complexity index is 667. The van der Waals surface area contributed by atoms with Gasteiger partial charge in [-0.25, -0.2) is 0 Å². The highest BCUT2D eigenvalue weighted by atomic mass is 35.5. The summed E-state index contributed by atoms with van der Waals surface area (Å²) >= 11 is 5.91. The Hall–Kier alpha value is -1.99. The Morgan fingerprint density at radius 3 is 2.86 bits per heavy atom. The van der Waals surface area contributed by atoms with Crippen molar-refractivity contribution in [3.05, 3.63) is 39.2 Å². The third kappa shape index (κ3) is 2.88. The smallest absolute Gasteiger partial charge is 0.280 e. The molecule has 0 saturated carbocycles. The molecule has 1 saturated heterocycles. The minimum Gasteiger partial charge on any atom is -0.339 e. The summed E-state index contributed by atoms with van der Waals surface area (Å²) in [6.45, 7) is 1.80. The largest absolute Gasteiger partial charge is 0.339 e. The number of nitro groups is 1. The summed E-state index contributed by atoms with van der Waals surface area (Å²) in [4.78, 5) is 14.9. The normalized spacial score (nSPS) is 16.0. The fraction of sp³-hybridized carbons (Fsp3) is 0.385. The quantitative estimate of drug-likeness (QED) is 0.692. The van der Waals surface area contributed by atoms with Gasteiger partial charge in [-0.3, -0.25) is 10.1 Å². The summed E-state index contributed by atoms with van der Waals surface area (Å²) in [5.74, 6) is 0.934. The van der Waals surface area contributed by atoms with E-state index in [1.807, 2.05) is 0 Å². The summed E-state index contributed by atoms with van der Waals surface area (Å²) in [5, 5.41) is 18.6. The molecule has 1 N–H and O–H groups in total. The average molecular weight is 309 g/mol. The highest BCUT2D eigenvalue weighted by Crippen LogP contribution is 2.32. The van der Waals surface area contributed by atoms with Gasteiger partial charge < -0.3 is 9.84 Å². The van der Waals surface area contributed by atoms with Gasteiger partial charge >= 0.3 is 0 Å². The molecule has 2 heterocycles. The van der Waals surface area contributed by atoms with Gasteiger partial charge in [-0.05, 0) is 38.1 Å². The van der Waals surface area contributed by atoms with E-state index in [0.717, 1.165) is 25.9 Å². The van der Waals surface area contributed by atoms with Crippen LogP contribution in [0, 0.1) is 10.1 Å². The Morgan fingerprint density at radius 2 is 2.14 bits per heavy atom. The molecule has 2 aromatic rings. The molecule has 1 fully saturated rings. The van der Waals surface area contributed by atoms with Crippen molar-refractivity contribution in [3.8, 4) is 11.4 Å². The first-order valence-corrected chi connectivity index (χ1v) is 7.01. The van der Waals surface area contributed by atoms with Gasteiger partial charge in [-0.2, -0.15) is 4.98 Å². The second kappa shape index (κ2) is 5.79. The third-order valence-corrected chi connectivity index (χ3v) is 3.76. The first-order chi connectivity index (χ1) is 10.1. The number of hydrogen-bond acceptors (Lipinski definition) is 6. The number of nitrogens with one attached hydrogen (secondary N) is 1. The molecule has 1 aliphatic rings. The summed E-state index contributed by atoms with van der Waals surface area (Å²) in [6, 6.07) is 4.30. The summed E-state index contributed by atoms with van der Waals surface area (Å²) in [7, 11) is 0. The van der Waals surface area contributed by atoms with Crippen molar-refractivity contribution < 1.29 is 9.45 Å². The number of benzene rings is 1. The number of halogens is 1. The lowest BCUT2D eigenvalue weighted by Gasteiger charge is -2.18. The average Bonchev–Trinajstić information content (AvgIpc) is 2.97. The molecule has 0 bridgehead atoms. The molecule has 0 spiro atoms. The van der Waals surface area contributed by atoms with E-state index >= 15 is 0 Å². The SMILES string of the molecule is O=[N+]([O-])c1ccc(Cl)cc1-c1noc(C2CCNCC2)n1. The van der Waals surface area contributed by atoms with Crippen LogP contribution in [0.3, 0.4) is 0 Å². The second-order valence-corrected chi connectivity index (χ2v) is 5.34. The molecule has 1 aliphatic heterocycles. The van der Waals surface area contributed by atoms with Gasteiger partial charge in [-0.1, -0.05) is 16.8 Å². The van der Waals surface area contributed by atoms with E-state index in [2.05, 4.69) is 15.5 Å². The Labute approximate surface area is 125 Å². The van der Waals surface area contributed by atoms with Crippen LogP contribution in [-0.4, -0.2) is 28.2 Å². The van der Waals surface area contributed by atoms with Gasteiger partial charge in [0.15, 0.2) is 0 Å². The Morgan fingerprint density at radius 1 is 1.38 bits per heavy atom. The van der Waals surface area contributed by atoms with E-state index in [-0.39, 0.29) is 23.0 Å². The van der Waals surface area contributed by atoms with Crippen molar-refractivity contribution in [1.29, 1.82) is 0 Å². The van der Waals surface area contributed by atoms with Crippen LogP contribution in [0.4, 0.5) is 5.69 Å². The molecule has 8 heteroatoms. The van der Waals surface area contributed by atoms with Crippen LogP contribution in [0.5, 0.6) is 0 Å². The number of rotatable bonds is 3. The Balaban J connectivity index is 1.95. The van der Waals surface area contributed by atoms with Crippen molar-refractivity contribution in [3.63, 3.8) is 0 Å². The molecular formula is C13H13ClN4O3. The molecule has 0 amide bonds. The fourth-order valence-electron chi connectivity index (χ4n) is 2.43. The topological polar surface area (TPSA) is 94.1 Å². The van der Waals surface area contributed by atoms with Crippen LogP contribution in [0.2, 0.25) is 5.02 Å². The standard InChI is InChI=1S/C13H13ClN4O3/c14-9-1-2-11(18(19)20)10(7-9)12-16-13(21-17-12)8-3-5-15-6-4-8/h1-2,7-8,15H,3-6H2. The zero-order valence-electron chi connectivity index (χ0n) is 11.1. The summed E-state index contributed by atoms with van der Waals surface area (Å²) in [5.41, 5.74) is 0.188. The minimum absolute atomic E-state index is 0.0861. The molecule has 1 aromatic heterocycles. The molecule has 0 aliphatic carbocycles. The van der Waals surface area contributed by atoms with Crippen molar-refractivity contribution >= 4 is 17.3 Å². The Kier molecular flexibility index (Phi) is 3.85. The third-order valence-electron chi connectivity index (χ3n) is 3.53. The van der Waals surface area contributed by atoms with Gasteiger partial charge in [0.25, 0.3) is 5.69 Å². The number of nitrogens with zero attached hydrogens (tertiary/aromatic N) is 3. The molecule has 0 radical (unpaired) electrons. The van der Waals surface area contributed by atoms with Crippen LogP contribution in [-0.2, 0) is 0 Å². The van der Waals surface area contributed by atoms with Crippen LogP contribution < -0.4 is 5.32 Å². The molecule has 3 rings (SSSR count). The lowest BCUT2D eigenvalue weighted by Crippen LogP contribution is -2.26. The van der Waals surface area contributed by atoms with E-state index in [1.54, 1.807) is 0 Å². The van der Waals surface area contributed by atoms with Gasteiger partial charge in [0.1, 0.15) is 5.56 Å². The van der Waals surface area contributed by atoms with Gasteiger partial charge in [0.05, 0.1) is 4.92 Å². The van der Waals surface area contributed by atoms with Crippen LogP contribution in [0.15, 0.2) is 22.7 Å². The van der Waals surface area contributed by atoms with E-state index in [4.69, 9.17) is 16.1 Å². The highest BCUT2D eigenvalue weighted by molar-refractivity contribution is 6.31. The van der Waals surface area contributed by atoms with Crippen molar-refractivity contribution in [2.24, 2.45) is 0 Å². The lowest BCUT2D eigenvalue weighted by molar-refractivity contribution is -0.384. The zero-order chi connectivity index (χ0) is 14.8. The molecule has 1 aromatic carbocycles. The number of piperidine rings is 1. The highest BCUT2D eigenvalue weighted by Gasteiger charge is 2.25. The zero-order valence-corrected chi connectivity index (χ0v) is 11.8. The first-order valence-electron chi connectivity index (χ1n) is 6.64. The summed E-state index contributed by atoms with van der Waals surface area (Å²) in [6.07, 6.45) is 1.83. The van der Waals surface area contributed by atoms with Gasteiger partial charge in [0.2, 0.25) is 11.7 Å². The molecular weight excluding hydrogens is 296 g/mol. The second-order valence-electron chi connectivity index (χ2n) is 4.90. The molecule has 110 valence electrons. The predicted molar refractivity (Wildman–Crippen MR) is 76.2 cm³/mol. The van der Waals surface area contributed by atoms with Crippen molar-refractivity contribution in [2.75, 3.05) is 13.1 Å². The fourth-order valence-corrected chi connectivity index (χ4v) is 2.60. The maximum atomic E-state index is 11.1. The minimum atomic E-state index is -0.480. The maximum absolute atomic E-state index is 11.1. The molecule has 21 heavy (non-hydrogen) atoms. The maximum Gasteiger partial charge on any atom is 0.280 e. The van der Waals surface area contributed by atoms with E-state index in [0.29, 0.717) is 10.9 Å². The van der Waals surface area contributed by atoms with Crippen molar-refractivity contribution in [2.45, 2.75) is 18.8 Å². The summed E-state index contributed by atoms with van der Waals surface area (Å²) < 4.78 is 5.28. The lowest BCUT2D eigenvalue weighted by atomic mass is 9.98. The van der Waals surface area contributed by atoms with E-state index < -0.39 is 4.92 Å². The van der Waals surface area contributed by atoms with Crippen LogP contribution in [0.1, 0.15) is 24.7 Å². The van der Waals surface area contributed by atoms with E-state index in [1.165, 1.54) is 18.2 Å². The van der Waals surface area contributed by atoms with E-state index in [9.17, 15) is 10.1 Å². The molecule has 7 nitrogen and oxygen atoms in total. The van der Waals surface area contributed by atoms with Gasteiger partial charge in [-0.15, -0.1) is 0 Å². The predicted octanol–water partition coefficient (Wildman–Crippen LogP) is 2.77. The monoisotopic (exact) mass is 308 g/mol. The first kappa shape index (κ1) is 14.0. The number of aromatic nitrogens is 2. The van der Waals surface area contributed by atoms with Crippen molar-refractivity contribution in [1.82, 2.24) is 15.5 Å². The van der Waals surface area contributed by atoms with Gasteiger partial charge in [0, 0.05) is 17.0 Å². The number of hydrogen-bond donors (Lipinski definition) is 1. The molecule has 0 atom stereocenters. The number of nitro benzene ring substituents is 1.